The molecule has 2 aliphatic rings. The highest BCUT2D eigenvalue weighted by molar-refractivity contribution is 5.45. The van der Waals surface area contributed by atoms with Gasteiger partial charge in [-0.3, -0.25) is 0 Å². The zero-order valence-corrected chi connectivity index (χ0v) is 16.1. The molecular formula is C20H28N6. The summed E-state index contributed by atoms with van der Waals surface area (Å²) in [6.45, 7) is 12.9. The second-order valence-corrected chi connectivity index (χ2v) is 8.21. The molecule has 4 heterocycles. The highest BCUT2D eigenvalue weighted by Gasteiger charge is 2.41. The first kappa shape index (κ1) is 17.2. The van der Waals surface area contributed by atoms with Crippen LogP contribution in [0.1, 0.15) is 51.0 Å². The molecule has 2 aromatic heterocycles. The summed E-state index contributed by atoms with van der Waals surface area (Å²) < 4.78 is 0. The lowest BCUT2D eigenvalue weighted by atomic mass is 10.0. The zero-order valence-electron chi connectivity index (χ0n) is 16.1. The molecule has 0 spiro atoms. The molecule has 0 saturated carbocycles. The Labute approximate surface area is 155 Å². The monoisotopic (exact) mass is 352 g/mol. The first-order valence-electron chi connectivity index (χ1n) is 9.66. The van der Waals surface area contributed by atoms with Gasteiger partial charge in [0.15, 0.2) is 0 Å². The van der Waals surface area contributed by atoms with E-state index in [1.54, 1.807) is 6.33 Å². The minimum absolute atomic E-state index is 0.362. The lowest BCUT2D eigenvalue weighted by molar-refractivity contribution is 0.533. The molecule has 0 amide bonds. The van der Waals surface area contributed by atoms with Crippen LogP contribution in [0.4, 0.5) is 11.6 Å². The predicted molar refractivity (Wildman–Crippen MR) is 104 cm³/mol. The van der Waals surface area contributed by atoms with Gasteiger partial charge in [-0.05, 0) is 12.0 Å². The molecule has 0 radical (unpaired) electrons. The molecule has 2 aliphatic heterocycles. The van der Waals surface area contributed by atoms with E-state index in [4.69, 9.17) is 4.98 Å². The van der Waals surface area contributed by atoms with Crippen LogP contribution in [0, 0.1) is 11.8 Å². The van der Waals surface area contributed by atoms with Crippen molar-refractivity contribution in [2.45, 2.75) is 39.5 Å². The van der Waals surface area contributed by atoms with Crippen molar-refractivity contribution in [1.82, 2.24) is 19.9 Å². The third-order valence-corrected chi connectivity index (χ3v) is 5.58. The molecule has 2 saturated heterocycles. The lowest BCUT2D eigenvalue weighted by Crippen LogP contribution is -2.30. The third-order valence-electron chi connectivity index (χ3n) is 5.58. The first-order chi connectivity index (χ1) is 12.5. The molecule has 0 aromatic carbocycles. The molecule has 2 atom stereocenters. The van der Waals surface area contributed by atoms with Crippen molar-refractivity contribution in [2.75, 3.05) is 36.0 Å². The Morgan fingerprint density at radius 1 is 0.846 bits per heavy atom. The summed E-state index contributed by atoms with van der Waals surface area (Å²) >= 11 is 0. The second-order valence-electron chi connectivity index (χ2n) is 8.21. The summed E-state index contributed by atoms with van der Waals surface area (Å²) in [5.41, 5.74) is 1.12. The van der Waals surface area contributed by atoms with E-state index >= 15 is 0 Å². The lowest BCUT2D eigenvalue weighted by Gasteiger charge is -2.23. The van der Waals surface area contributed by atoms with Crippen LogP contribution in [-0.2, 0) is 0 Å². The maximum Gasteiger partial charge on any atom is 0.133 e. The maximum atomic E-state index is 4.77. The molecule has 6 nitrogen and oxygen atoms in total. The molecule has 26 heavy (non-hydrogen) atoms. The number of nitrogens with zero attached hydrogens (tertiary/aromatic N) is 6. The number of fused-ring (bicyclic) bond motifs is 1. The van der Waals surface area contributed by atoms with Gasteiger partial charge in [0.25, 0.3) is 0 Å². The minimum Gasteiger partial charge on any atom is -0.356 e. The number of rotatable bonds is 4. The normalized spacial score (nSPS) is 22.5. The molecule has 138 valence electrons. The largest absolute Gasteiger partial charge is 0.356 e. The molecule has 0 aliphatic carbocycles. The van der Waals surface area contributed by atoms with E-state index in [1.807, 2.05) is 12.3 Å². The Morgan fingerprint density at radius 3 is 2.12 bits per heavy atom. The van der Waals surface area contributed by atoms with Crippen molar-refractivity contribution in [2.24, 2.45) is 11.8 Å². The van der Waals surface area contributed by atoms with Gasteiger partial charge in [-0.15, -0.1) is 0 Å². The Kier molecular flexibility index (Phi) is 4.51. The first-order valence-corrected chi connectivity index (χ1v) is 9.66. The molecule has 2 fully saturated rings. The van der Waals surface area contributed by atoms with Crippen molar-refractivity contribution in [1.29, 1.82) is 0 Å². The van der Waals surface area contributed by atoms with E-state index in [0.717, 1.165) is 49.3 Å². The van der Waals surface area contributed by atoms with Crippen molar-refractivity contribution in [3.05, 3.63) is 36.2 Å². The quantitative estimate of drug-likeness (QED) is 0.843. The van der Waals surface area contributed by atoms with Crippen molar-refractivity contribution < 1.29 is 0 Å². The van der Waals surface area contributed by atoms with Gasteiger partial charge in [-0.1, -0.05) is 27.7 Å². The Balaban J connectivity index is 1.44. The fourth-order valence-corrected chi connectivity index (χ4v) is 4.04. The van der Waals surface area contributed by atoms with E-state index in [9.17, 15) is 0 Å². The smallest absolute Gasteiger partial charge is 0.133 e. The Bertz CT molecular complexity index is 697. The van der Waals surface area contributed by atoms with Gasteiger partial charge < -0.3 is 9.80 Å². The minimum atomic E-state index is 0.362. The molecule has 2 unspecified atom stereocenters. The molecule has 2 aromatic rings. The molecule has 4 rings (SSSR count). The van der Waals surface area contributed by atoms with Crippen LogP contribution in [0.15, 0.2) is 24.7 Å². The SMILES string of the molecule is CC(C)c1cc(N2CC3CN(c4ccnc(C(C)C)n4)CC3C2)ncn1. The van der Waals surface area contributed by atoms with E-state index in [0.29, 0.717) is 23.7 Å². The van der Waals surface area contributed by atoms with Gasteiger partial charge in [0.05, 0.1) is 0 Å². The predicted octanol–water partition coefficient (Wildman–Crippen LogP) is 3.09. The van der Waals surface area contributed by atoms with Gasteiger partial charge >= 0.3 is 0 Å². The second kappa shape index (κ2) is 6.82. The number of aromatic nitrogens is 4. The fraction of sp³-hybridized carbons (Fsp3) is 0.600. The summed E-state index contributed by atoms with van der Waals surface area (Å²) in [7, 11) is 0. The van der Waals surface area contributed by atoms with Crippen LogP contribution in [-0.4, -0.2) is 46.1 Å². The average Bonchev–Trinajstić information content (AvgIpc) is 3.21. The number of hydrogen-bond acceptors (Lipinski definition) is 6. The Morgan fingerprint density at radius 2 is 1.50 bits per heavy atom. The standard InChI is InChI=1S/C20H28N6/c1-13(2)17-7-19(23-12-22-17)26-10-15-8-25(9-16(15)11-26)18-5-6-21-20(24-18)14(3)4/h5-7,12-16H,8-11H2,1-4H3. The van der Waals surface area contributed by atoms with Gasteiger partial charge in [0.1, 0.15) is 23.8 Å². The van der Waals surface area contributed by atoms with Crippen molar-refractivity contribution in [3.8, 4) is 0 Å². The van der Waals surface area contributed by atoms with E-state index in [-0.39, 0.29) is 0 Å². The van der Waals surface area contributed by atoms with Gasteiger partial charge in [-0.25, -0.2) is 19.9 Å². The van der Waals surface area contributed by atoms with Crippen LogP contribution in [0.3, 0.4) is 0 Å². The van der Waals surface area contributed by atoms with Crippen LogP contribution in [0.25, 0.3) is 0 Å². The van der Waals surface area contributed by atoms with E-state index in [2.05, 4.69) is 58.5 Å². The molecule has 0 bridgehead atoms. The summed E-state index contributed by atoms with van der Waals surface area (Å²) in [5, 5.41) is 0. The highest BCUT2D eigenvalue weighted by atomic mass is 15.3. The average molecular weight is 352 g/mol. The Hall–Kier alpha value is -2.24. The summed E-state index contributed by atoms with van der Waals surface area (Å²) in [6, 6.07) is 4.20. The highest BCUT2D eigenvalue weighted by Crippen LogP contribution is 2.35. The van der Waals surface area contributed by atoms with Crippen molar-refractivity contribution in [3.63, 3.8) is 0 Å². The third kappa shape index (κ3) is 3.24. The number of anilines is 2. The number of hydrogen-bond donors (Lipinski definition) is 0. The molecular weight excluding hydrogens is 324 g/mol. The topological polar surface area (TPSA) is 58.0 Å². The summed E-state index contributed by atoms with van der Waals surface area (Å²) in [6.07, 6.45) is 3.60. The zero-order chi connectivity index (χ0) is 18.3. The molecule has 0 N–H and O–H groups in total. The van der Waals surface area contributed by atoms with Crippen LogP contribution >= 0.6 is 0 Å². The molecule has 6 heteroatoms. The van der Waals surface area contributed by atoms with Crippen molar-refractivity contribution >= 4 is 11.6 Å². The fourth-order valence-electron chi connectivity index (χ4n) is 4.04. The van der Waals surface area contributed by atoms with Gasteiger partial charge in [0.2, 0.25) is 0 Å². The van der Waals surface area contributed by atoms with Gasteiger partial charge in [-0.2, -0.15) is 0 Å². The van der Waals surface area contributed by atoms with Gasteiger partial charge in [0, 0.05) is 61.9 Å². The van der Waals surface area contributed by atoms with E-state index in [1.165, 1.54) is 0 Å². The van der Waals surface area contributed by atoms with Crippen LogP contribution in [0.5, 0.6) is 0 Å². The van der Waals surface area contributed by atoms with Crippen LogP contribution < -0.4 is 9.80 Å². The maximum absolute atomic E-state index is 4.77. The summed E-state index contributed by atoms with van der Waals surface area (Å²) in [5.74, 6) is 5.23. The summed E-state index contributed by atoms with van der Waals surface area (Å²) in [4.78, 5) is 22.9. The van der Waals surface area contributed by atoms with E-state index < -0.39 is 0 Å². The van der Waals surface area contributed by atoms with Crippen LogP contribution in [0.2, 0.25) is 0 Å².